The Balaban J connectivity index is 1.92. The van der Waals surface area contributed by atoms with Gasteiger partial charge in [0.25, 0.3) is 0 Å². The van der Waals surface area contributed by atoms with Crippen LogP contribution < -0.4 is 11.3 Å². The van der Waals surface area contributed by atoms with Gasteiger partial charge in [0.2, 0.25) is 0 Å². The van der Waals surface area contributed by atoms with E-state index in [2.05, 4.69) is 26.0 Å². The molecule has 0 aliphatic carbocycles. The number of imidazole rings is 1. The smallest absolute Gasteiger partial charge is 0.129 e. The molecule has 0 saturated heterocycles. The number of hydrazine groups is 1. The van der Waals surface area contributed by atoms with Crippen LogP contribution in [-0.4, -0.2) is 14.5 Å². The molecule has 5 nitrogen and oxygen atoms in total. The van der Waals surface area contributed by atoms with Gasteiger partial charge in [0.05, 0.1) is 17.1 Å². The summed E-state index contributed by atoms with van der Waals surface area (Å²) in [6, 6.07) is 11.7. The molecule has 2 heterocycles. The van der Waals surface area contributed by atoms with Gasteiger partial charge in [0.15, 0.2) is 0 Å². The first kappa shape index (κ1) is 14.0. The first-order valence-corrected chi connectivity index (χ1v) is 7.04. The summed E-state index contributed by atoms with van der Waals surface area (Å²) in [4.78, 5) is 8.76. The van der Waals surface area contributed by atoms with Crippen LogP contribution in [0.3, 0.4) is 0 Å². The number of nitrogens with zero attached hydrogens (tertiary/aromatic N) is 3. The van der Waals surface area contributed by atoms with Gasteiger partial charge in [0.1, 0.15) is 11.0 Å². The summed E-state index contributed by atoms with van der Waals surface area (Å²) in [6.07, 6.45) is 2.40. The fourth-order valence-electron chi connectivity index (χ4n) is 2.43. The molecule has 2 aromatic heterocycles. The van der Waals surface area contributed by atoms with Gasteiger partial charge in [-0.3, -0.25) is 11.3 Å². The Hall–Kier alpha value is -1.95. The average molecular weight is 302 g/mol. The third-order valence-corrected chi connectivity index (χ3v) is 3.84. The van der Waals surface area contributed by atoms with Crippen LogP contribution in [0, 0.1) is 0 Å². The Morgan fingerprint density at radius 2 is 2.10 bits per heavy atom. The normalized spacial score (nSPS) is 12.7. The highest BCUT2D eigenvalue weighted by molar-refractivity contribution is 6.29. The molecule has 6 heteroatoms. The summed E-state index contributed by atoms with van der Waals surface area (Å²) in [5.41, 5.74) is 5.90. The van der Waals surface area contributed by atoms with E-state index in [1.165, 1.54) is 0 Å². The molecule has 0 bridgehead atoms. The molecule has 108 valence electrons. The van der Waals surface area contributed by atoms with Crippen LogP contribution in [0.25, 0.3) is 11.0 Å². The highest BCUT2D eigenvalue weighted by Crippen LogP contribution is 2.21. The molecule has 3 aromatic rings. The van der Waals surface area contributed by atoms with E-state index in [1.54, 1.807) is 12.3 Å². The molecule has 0 radical (unpaired) electrons. The Labute approximate surface area is 127 Å². The Kier molecular flexibility index (Phi) is 3.88. The number of aromatic nitrogens is 3. The highest BCUT2D eigenvalue weighted by atomic mass is 35.5. The molecule has 3 N–H and O–H groups in total. The molecule has 1 atom stereocenters. The molecule has 21 heavy (non-hydrogen) atoms. The largest absolute Gasteiger partial charge is 0.331 e. The molecule has 0 spiro atoms. The predicted molar refractivity (Wildman–Crippen MR) is 83.7 cm³/mol. The maximum Gasteiger partial charge on any atom is 0.129 e. The van der Waals surface area contributed by atoms with Crippen molar-refractivity contribution in [3.8, 4) is 0 Å². The van der Waals surface area contributed by atoms with Crippen molar-refractivity contribution in [2.75, 3.05) is 0 Å². The van der Waals surface area contributed by atoms with E-state index in [0.717, 1.165) is 22.4 Å². The van der Waals surface area contributed by atoms with E-state index < -0.39 is 0 Å². The molecular formula is C15H16ClN5. The maximum atomic E-state index is 5.82. The van der Waals surface area contributed by atoms with E-state index in [-0.39, 0.29) is 6.04 Å². The lowest BCUT2D eigenvalue weighted by molar-refractivity contribution is 0.530. The van der Waals surface area contributed by atoms with Gasteiger partial charge in [-0.05, 0) is 23.8 Å². The summed E-state index contributed by atoms with van der Waals surface area (Å²) in [5, 5.41) is 0.470. The lowest BCUT2D eigenvalue weighted by Gasteiger charge is -2.15. The summed E-state index contributed by atoms with van der Waals surface area (Å²) >= 11 is 5.82. The molecular weight excluding hydrogens is 286 g/mol. The number of rotatable bonds is 4. The standard InChI is InChI=1S/C15H16ClN5/c1-21-13-5-3-2-4-11(13)19-15(21)8-12(20-17)10-6-7-14(16)18-9-10/h2-7,9,12,20H,8,17H2,1H3. The zero-order valence-electron chi connectivity index (χ0n) is 11.6. The van der Waals surface area contributed by atoms with Crippen molar-refractivity contribution in [2.45, 2.75) is 12.5 Å². The third kappa shape index (κ3) is 2.76. The minimum absolute atomic E-state index is 0.0646. The van der Waals surface area contributed by atoms with Crippen molar-refractivity contribution in [1.29, 1.82) is 0 Å². The van der Waals surface area contributed by atoms with Crippen LogP contribution in [0.15, 0.2) is 42.6 Å². The highest BCUT2D eigenvalue weighted by Gasteiger charge is 2.15. The average Bonchev–Trinajstić information content (AvgIpc) is 2.83. The van der Waals surface area contributed by atoms with Gasteiger partial charge in [-0.1, -0.05) is 29.8 Å². The lowest BCUT2D eigenvalue weighted by Crippen LogP contribution is -2.30. The predicted octanol–water partition coefficient (Wildman–Crippen LogP) is 2.37. The Bertz CT molecular complexity index is 750. The van der Waals surface area contributed by atoms with Crippen LogP contribution in [0.4, 0.5) is 0 Å². The number of hydrogen-bond acceptors (Lipinski definition) is 4. The Morgan fingerprint density at radius 1 is 1.29 bits per heavy atom. The van der Waals surface area contributed by atoms with Crippen LogP contribution in [0.2, 0.25) is 5.15 Å². The van der Waals surface area contributed by atoms with Gasteiger partial charge >= 0.3 is 0 Å². The van der Waals surface area contributed by atoms with Crippen LogP contribution >= 0.6 is 11.6 Å². The fraction of sp³-hybridized carbons (Fsp3) is 0.200. The summed E-state index contributed by atoms with van der Waals surface area (Å²) in [6.45, 7) is 0. The van der Waals surface area contributed by atoms with Crippen LogP contribution in [0.5, 0.6) is 0 Å². The van der Waals surface area contributed by atoms with Crippen molar-refractivity contribution >= 4 is 22.6 Å². The topological polar surface area (TPSA) is 68.8 Å². The van der Waals surface area contributed by atoms with Crippen molar-refractivity contribution < 1.29 is 0 Å². The number of nitrogens with two attached hydrogens (primary N) is 1. The van der Waals surface area contributed by atoms with Crippen LogP contribution in [0.1, 0.15) is 17.4 Å². The number of hydrogen-bond donors (Lipinski definition) is 2. The van der Waals surface area contributed by atoms with E-state index in [4.69, 9.17) is 17.4 Å². The van der Waals surface area contributed by atoms with Crippen molar-refractivity contribution in [3.05, 3.63) is 59.1 Å². The molecule has 0 aliphatic rings. The van der Waals surface area contributed by atoms with Crippen molar-refractivity contribution in [2.24, 2.45) is 12.9 Å². The summed E-state index contributed by atoms with van der Waals surface area (Å²) < 4.78 is 2.09. The first-order chi connectivity index (χ1) is 10.2. The van der Waals surface area contributed by atoms with Gasteiger partial charge in [-0.25, -0.2) is 9.97 Å². The summed E-state index contributed by atoms with van der Waals surface area (Å²) in [7, 11) is 2.01. The number of fused-ring (bicyclic) bond motifs is 1. The molecule has 0 fully saturated rings. The van der Waals surface area contributed by atoms with Gasteiger partial charge in [-0.15, -0.1) is 0 Å². The first-order valence-electron chi connectivity index (χ1n) is 6.67. The number of aryl methyl sites for hydroxylation is 1. The van der Waals surface area contributed by atoms with E-state index in [9.17, 15) is 0 Å². The monoisotopic (exact) mass is 301 g/mol. The SMILES string of the molecule is Cn1c(CC(NN)c2ccc(Cl)nc2)nc2ccccc21. The molecule has 0 aliphatic heterocycles. The summed E-state index contributed by atoms with van der Waals surface area (Å²) in [5.74, 6) is 6.65. The van der Waals surface area contributed by atoms with Gasteiger partial charge < -0.3 is 4.57 Å². The van der Waals surface area contributed by atoms with Crippen LogP contribution in [-0.2, 0) is 13.5 Å². The minimum atomic E-state index is -0.0646. The van der Waals surface area contributed by atoms with Crippen molar-refractivity contribution in [1.82, 2.24) is 20.0 Å². The lowest BCUT2D eigenvalue weighted by atomic mass is 10.1. The number of para-hydroxylation sites is 2. The van der Waals surface area contributed by atoms with E-state index in [0.29, 0.717) is 11.6 Å². The second-order valence-electron chi connectivity index (χ2n) is 4.91. The molecule has 0 amide bonds. The van der Waals surface area contributed by atoms with Gasteiger partial charge in [0, 0.05) is 19.7 Å². The number of pyridine rings is 1. The number of benzene rings is 1. The van der Waals surface area contributed by atoms with Gasteiger partial charge in [-0.2, -0.15) is 0 Å². The zero-order valence-corrected chi connectivity index (χ0v) is 12.4. The number of halogens is 1. The molecule has 1 aromatic carbocycles. The zero-order chi connectivity index (χ0) is 14.8. The molecule has 3 rings (SSSR count). The number of nitrogens with one attached hydrogen (secondary N) is 1. The molecule has 1 unspecified atom stereocenters. The quantitative estimate of drug-likeness (QED) is 0.441. The van der Waals surface area contributed by atoms with Crippen molar-refractivity contribution in [3.63, 3.8) is 0 Å². The van der Waals surface area contributed by atoms with E-state index >= 15 is 0 Å². The molecule has 0 saturated carbocycles. The second kappa shape index (κ2) is 5.81. The second-order valence-corrected chi connectivity index (χ2v) is 5.30. The van der Waals surface area contributed by atoms with E-state index in [1.807, 2.05) is 31.3 Å². The minimum Gasteiger partial charge on any atom is -0.331 e. The maximum absolute atomic E-state index is 5.82. The third-order valence-electron chi connectivity index (χ3n) is 3.62. The fourth-order valence-corrected chi connectivity index (χ4v) is 2.54. The Morgan fingerprint density at radius 3 is 2.76 bits per heavy atom.